The lowest BCUT2D eigenvalue weighted by Gasteiger charge is -2.15. The van der Waals surface area contributed by atoms with Crippen LogP contribution in [0.2, 0.25) is 0 Å². The van der Waals surface area contributed by atoms with Crippen molar-refractivity contribution in [3.63, 3.8) is 0 Å². The summed E-state index contributed by atoms with van der Waals surface area (Å²) in [5, 5.41) is 6.98. The number of hydrogen-bond acceptors (Lipinski definition) is 8. The van der Waals surface area contributed by atoms with Gasteiger partial charge in [-0.25, -0.2) is 9.59 Å². The third-order valence-electron chi connectivity index (χ3n) is 5.60. The minimum Gasteiger partial charge on any atom is -0.484 e. The maximum atomic E-state index is 12.2. The highest BCUT2D eigenvalue weighted by atomic mass is 16.5. The maximum absolute atomic E-state index is 12.2. The molecule has 0 aliphatic rings. The van der Waals surface area contributed by atoms with E-state index in [1.165, 1.54) is 12.1 Å². The van der Waals surface area contributed by atoms with Crippen LogP contribution in [0.15, 0.2) is 67.0 Å². The van der Waals surface area contributed by atoms with Crippen molar-refractivity contribution < 1.29 is 27.9 Å². The van der Waals surface area contributed by atoms with Gasteiger partial charge in [0.25, 0.3) is 11.8 Å². The van der Waals surface area contributed by atoms with Gasteiger partial charge in [-0.15, -0.1) is 0 Å². The number of aryl methyl sites for hydroxylation is 2. The molecule has 37 heavy (non-hydrogen) atoms. The third-order valence-corrected chi connectivity index (χ3v) is 5.60. The van der Waals surface area contributed by atoms with E-state index in [1.807, 2.05) is 13.8 Å². The Morgan fingerprint density at radius 1 is 0.784 bits per heavy atom. The predicted molar refractivity (Wildman–Crippen MR) is 136 cm³/mol. The van der Waals surface area contributed by atoms with E-state index >= 15 is 0 Å². The van der Waals surface area contributed by atoms with Gasteiger partial charge < -0.3 is 28.9 Å². The van der Waals surface area contributed by atoms with Crippen LogP contribution < -0.4 is 31.4 Å². The molecule has 2 aromatic carbocycles. The minimum absolute atomic E-state index is 0.181. The largest absolute Gasteiger partial charge is 0.484 e. The second-order valence-electron chi connectivity index (χ2n) is 8.66. The van der Waals surface area contributed by atoms with E-state index < -0.39 is 11.3 Å². The normalized spacial score (nSPS) is 11.8. The molecule has 10 heteroatoms. The molecule has 10 nitrogen and oxygen atoms in total. The lowest BCUT2D eigenvalue weighted by molar-refractivity contribution is -0.125. The van der Waals surface area contributed by atoms with Crippen LogP contribution in [0.1, 0.15) is 18.1 Å². The van der Waals surface area contributed by atoms with Crippen LogP contribution in [0.25, 0.3) is 21.9 Å². The summed E-state index contributed by atoms with van der Waals surface area (Å²) in [6.07, 6.45) is 0. The first-order valence-electron chi connectivity index (χ1n) is 11.6. The van der Waals surface area contributed by atoms with Crippen LogP contribution in [-0.4, -0.2) is 37.6 Å². The molecule has 2 amide bonds. The van der Waals surface area contributed by atoms with Crippen LogP contribution in [0, 0.1) is 13.8 Å². The molecule has 0 aliphatic carbocycles. The van der Waals surface area contributed by atoms with E-state index in [0.29, 0.717) is 22.7 Å². The molecule has 0 unspecified atom stereocenters. The lowest BCUT2D eigenvalue weighted by atomic mass is 10.1. The Morgan fingerprint density at radius 3 is 1.78 bits per heavy atom. The Balaban J connectivity index is 1.21. The molecule has 4 rings (SSSR count). The first-order valence-corrected chi connectivity index (χ1v) is 11.6. The highest BCUT2D eigenvalue weighted by molar-refractivity contribution is 5.83. The monoisotopic (exact) mass is 506 g/mol. The number of nitrogens with one attached hydrogen (secondary N) is 2. The van der Waals surface area contributed by atoms with Gasteiger partial charge in [0.15, 0.2) is 13.2 Å². The molecule has 0 spiro atoms. The smallest absolute Gasteiger partial charge is 0.336 e. The summed E-state index contributed by atoms with van der Waals surface area (Å²) in [4.78, 5) is 47.5. The van der Waals surface area contributed by atoms with Gasteiger partial charge in [0, 0.05) is 47.6 Å². The molecule has 0 fully saturated rings. The van der Waals surface area contributed by atoms with Crippen LogP contribution in [0.3, 0.4) is 0 Å². The number of fused-ring (bicyclic) bond motifs is 2. The zero-order valence-corrected chi connectivity index (χ0v) is 20.6. The molecule has 192 valence electrons. The maximum Gasteiger partial charge on any atom is 0.336 e. The molecule has 0 aliphatic heterocycles. The second kappa shape index (κ2) is 11.0. The standard InChI is InChI=1S/C27H26N2O8/c1-15-8-26(32)36-22-10-18(4-6-20(15)22)34-13-24(30)28-12-17(3)29-25(31)14-35-19-5-7-21-16(2)9-27(33)37-23(21)11-19/h4-11,17H,12-14H2,1-3H3,(H,28,30)(H,29,31)/t17-/m0/s1. The molecular formula is C27H26N2O8. The fraction of sp³-hybridized carbons (Fsp3) is 0.259. The second-order valence-corrected chi connectivity index (χ2v) is 8.66. The number of rotatable bonds is 9. The van der Waals surface area contributed by atoms with Crippen molar-refractivity contribution in [2.45, 2.75) is 26.8 Å². The van der Waals surface area contributed by atoms with Gasteiger partial charge in [0.1, 0.15) is 22.7 Å². The van der Waals surface area contributed by atoms with Crippen LogP contribution in [0.4, 0.5) is 0 Å². The Kier molecular flexibility index (Phi) is 7.57. The van der Waals surface area contributed by atoms with Crippen LogP contribution >= 0.6 is 0 Å². The molecule has 0 saturated heterocycles. The van der Waals surface area contributed by atoms with Crippen molar-refractivity contribution in [2.24, 2.45) is 0 Å². The van der Waals surface area contributed by atoms with Gasteiger partial charge in [-0.2, -0.15) is 0 Å². The van der Waals surface area contributed by atoms with Crippen molar-refractivity contribution in [1.29, 1.82) is 0 Å². The molecule has 0 saturated carbocycles. The van der Waals surface area contributed by atoms with E-state index in [-0.39, 0.29) is 37.6 Å². The number of carbonyl (C=O) groups excluding carboxylic acids is 2. The first kappa shape index (κ1) is 25.5. The number of hydrogen-bond donors (Lipinski definition) is 2. The van der Waals surface area contributed by atoms with Gasteiger partial charge in [0.05, 0.1) is 0 Å². The molecule has 2 heterocycles. The molecule has 2 aromatic heterocycles. The van der Waals surface area contributed by atoms with Crippen molar-refractivity contribution in [1.82, 2.24) is 10.6 Å². The molecule has 2 N–H and O–H groups in total. The summed E-state index contributed by atoms with van der Waals surface area (Å²) < 4.78 is 21.4. The van der Waals surface area contributed by atoms with Gasteiger partial charge in [-0.05, 0) is 56.2 Å². The van der Waals surface area contributed by atoms with Gasteiger partial charge in [-0.1, -0.05) is 0 Å². The Hall–Kier alpha value is -4.60. The highest BCUT2D eigenvalue weighted by Crippen LogP contribution is 2.23. The average molecular weight is 507 g/mol. The summed E-state index contributed by atoms with van der Waals surface area (Å²) >= 11 is 0. The number of amides is 2. The molecule has 1 atom stereocenters. The summed E-state index contributed by atoms with van der Waals surface area (Å²) in [6.45, 7) is 5.04. The third kappa shape index (κ3) is 6.54. The quantitative estimate of drug-likeness (QED) is 0.331. The summed E-state index contributed by atoms with van der Waals surface area (Å²) in [7, 11) is 0. The molecule has 4 aromatic rings. The van der Waals surface area contributed by atoms with Crippen molar-refractivity contribution in [3.8, 4) is 11.5 Å². The molecule has 0 radical (unpaired) electrons. The van der Waals surface area contributed by atoms with E-state index in [9.17, 15) is 19.2 Å². The van der Waals surface area contributed by atoms with Crippen LogP contribution in [-0.2, 0) is 9.59 Å². The predicted octanol–water partition coefficient (Wildman–Crippen LogP) is 2.59. The van der Waals surface area contributed by atoms with E-state index in [0.717, 1.165) is 21.9 Å². The van der Waals surface area contributed by atoms with Gasteiger partial charge in [0.2, 0.25) is 0 Å². The first-order chi connectivity index (χ1) is 17.7. The van der Waals surface area contributed by atoms with E-state index in [4.69, 9.17) is 18.3 Å². The lowest BCUT2D eigenvalue weighted by Crippen LogP contribution is -2.44. The van der Waals surface area contributed by atoms with Crippen molar-refractivity contribution >= 4 is 33.8 Å². The zero-order valence-electron chi connectivity index (χ0n) is 20.6. The number of carbonyl (C=O) groups is 2. The summed E-state index contributed by atoms with van der Waals surface area (Å²) in [6, 6.07) is 12.5. The molecule has 0 bridgehead atoms. The fourth-order valence-corrected chi connectivity index (χ4v) is 3.77. The topological polar surface area (TPSA) is 137 Å². The highest BCUT2D eigenvalue weighted by Gasteiger charge is 2.12. The summed E-state index contributed by atoms with van der Waals surface area (Å²) in [5.74, 6) is 0.0171. The molecular weight excluding hydrogens is 480 g/mol. The van der Waals surface area contributed by atoms with Gasteiger partial charge >= 0.3 is 11.3 Å². The SMILES string of the molecule is Cc1cc(=O)oc2cc(OCC(=O)NC[C@H](C)NC(=O)COc3ccc4c(C)cc(=O)oc4c3)ccc12. The zero-order chi connectivity index (χ0) is 26.5. The van der Waals surface area contributed by atoms with Crippen LogP contribution in [0.5, 0.6) is 11.5 Å². The van der Waals surface area contributed by atoms with Crippen molar-refractivity contribution in [3.05, 3.63) is 80.5 Å². The van der Waals surface area contributed by atoms with Crippen molar-refractivity contribution in [2.75, 3.05) is 19.8 Å². The fourth-order valence-electron chi connectivity index (χ4n) is 3.77. The minimum atomic E-state index is -0.457. The number of ether oxygens (including phenoxy) is 2. The Morgan fingerprint density at radius 2 is 1.27 bits per heavy atom. The number of benzene rings is 2. The Bertz CT molecular complexity index is 1590. The average Bonchev–Trinajstić information content (AvgIpc) is 2.84. The van der Waals surface area contributed by atoms with E-state index in [1.54, 1.807) is 43.3 Å². The Labute approximate surface area is 211 Å². The van der Waals surface area contributed by atoms with Gasteiger partial charge in [-0.3, -0.25) is 9.59 Å². The summed E-state index contributed by atoms with van der Waals surface area (Å²) in [5.41, 5.74) is 1.42. The van der Waals surface area contributed by atoms with E-state index in [2.05, 4.69) is 10.6 Å².